The summed E-state index contributed by atoms with van der Waals surface area (Å²) in [5.41, 5.74) is 0. The SMILES string of the molecule is C=CCN(CC)CCNCC1CC1. The molecule has 0 radical (unpaired) electrons. The monoisotopic (exact) mass is 182 g/mol. The summed E-state index contributed by atoms with van der Waals surface area (Å²) >= 11 is 0. The Kier molecular flexibility index (Phi) is 5.09. The van der Waals surface area contributed by atoms with Crippen LogP contribution in [-0.2, 0) is 0 Å². The molecule has 1 aliphatic rings. The first-order valence-electron chi connectivity index (χ1n) is 5.40. The van der Waals surface area contributed by atoms with Gasteiger partial charge in [-0.05, 0) is 31.8 Å². The maximum Gasteiger partial charge on any atom is 0.0161 e. The first-order chi connectivity index (χ1) is 6.36. The molecule has 13 heavy (non-hydrogen) atoms. The Hall–Kier alpha value is -0.340. The van der Waals surface area contributed by atoms with Gasteiger partial charge < -0.3 is 5.32 Å². The van der Waals surface area contributed by atoms with E-state index in [0.29, 0.717) is 0 Å². The number of rotatable bonds is 8. The molecule has 1 fully saturated rings. The van der Waals surface area contributed by atoms with Gasteiger partial charge in [0.25, 0.3) is 0 Å². The van der Waals surface area contributed by atoms with Crippen LogP contribution in [0, 0.1) is 5.92 Å². The number of hydrogen-bond donors (Lipinski definition) is 1. The normalized spacial score (nSPS) is 16.5. The fraction of sp³-hybridized carbons (Fsp3) is 0.818. The van der Waals surface area contributed by atoms with E-state index in [1.807, 2.05) is 6.08 Å². The molecule has 1 rings (SSSR count). The van der Waals surface area contributed by atoms with Crippen LogP contribution in [-0.4, -0.2) is 37.6 Å². The second-order valence-corrected chi connectivity index (χ2v) is 3.83. The predicted octanol–water partition coefficient (Wildman–Crippen LogP) is 1.49. The molecule has 0 unspecified atom stereocenters. The van der Waals surface area contributed by atoms with E-state index in [4.69, 9.17) is 0 Å². The lowest BCUT2D eigenvalue weighted by Gasteiger charge is -2.18. The number of nitrogens with one attached hydrogen (secondary N) is 1. The van der Waals surface area contributed by atoms with Crippen molar-refractivity contribution in [3.05, 3.63) is 12.7 Å². The first-order valence-corrected chi connectivity index (χ1v) is 5.40. The van der Waals surface area contributed by atoms with Gasteiger partial charge in [-0.2, -0.15) is 0 Å². The molecule has 0 aromatic heterocycles. The number of likely N-dealkylation sites (N-methyl/N-ethyl adjacent to an activating group) is 1. The lowest BCUT2D eigenvalue weighted by Crippen LogP contribution is -2.32. The Labute approximate surface area is 82.0 Å². The molecule has 0 aliphatic heterocycles. The van der Waals surface area contributed by atoms with Crippen molar-refractivity contribution in [1.29, 1.82) is 0 Å². The van der Waals surface area contributed by atoms with Crippen LogP contribution in [0.3, 0.4) is 0 Å². The van der Waals surface area contributed by atoms with Crippen molar-refractivity contribution in [3.8, 4) is 0 Å². The van der Waals surface area contributed by atoms with Crippen LogP contribution in [0.15, 0.2) is 12.7 Å². The number of nitrogens with zero attached hydrogens (tertiary/aromatic N) is 1. The van der Waals surface area contributed by atoms with Crippen LogP contribution in [0.5, 0.6) is 0 Å². The van der Waals surface area contributed by atoms with Gasteiger partial charge in [0.2, 0.25) is 0 Å². The van der Waals surface area contributed by atoms with Crippen molar-refractivity contribution in [2.45, 2.75) is 19.8 Å². The fourth-order valence-electron chi connectivity index (χ4n) is 1.43. The van der Waals surface area contributed by atoms with E-state index in [9.17, 15) is 0 Å². The summed E-state index contributed by atoms with van der Waals surface area (Å²) < 4.78 is 0. The third-order valence-corrected chi connectivity index (χ3v) is 2.57. The molecule has 1 aliphatic carbocycles. The van der Waals surface area contributed by atoms with Crippen LogP contribution < -0.4 is 5.32 Å². The van der Waals surface area contributed by atoms with Gasteiger partial charge in [0, 0.05) is 19.6 Å². The third-order valence-electron chi connectivity index (χ3n) is 2.57. The van der Waals surface area contributed by atoms with E-state index >= 15 is 0 Å². The van der Waals surface area contributed by atoms with E-state index in [1.165, 1.54) is 19.4 Å². The lowest BCUT2D eigenvalue weighted by atomic mass is 10.4. The minimum atomic E-state index is 0.995. The molecule has 0 bridgehead atoms. The molecule has 1 N–H and O–H groups in total. The topological polar surface area (TPSA) is 15.3 Å². The lowest BCUT2D eigenvalue weighted by molar-refractivity contribution is 0.316. The zero-order valence-corrected chi connectivity index (χ0v) is 8.76. The standard InChI is InChI=1S/C11H22N2/c1-3-8-13(4-2)9-7-12-10-11-5-6-11/h3,11-12H,1,4-10H2,2H3. The summed E-state index contributed by atoms with van der Waals surface area (Å²) in [6.45, 7) is 11.6. The van der Waals surface area contributed by atoms with Gasteiger partial charge >= 0.3 is 0 Å². The molecule has 0 spiro atoms. The highest BCUT2D eigenvalue weighted by atomic mass is 15.1. The van der Waals surface area contributed by atoms with Gasteiger partial charge in [-0.25, -0.2) is 0 Å². The van der Waals surface area contributed by atoms with Gasteiger partial charge in [0.1, 0.15) is 0 Å². The van der Waals surface area contributed by atoms with Crippen LogP contribution in [0.2, 0.25) is 0 Å². The summed E-state index contributed by atoms with van der Waals surface area (Å²) in [5.74, 6) is 0.995. The maximum atomic E-state index is 3.75. The second kappa shape index (κ2) is 6.17. The summed E-state index contributed by atoms with van der Waals surface area (Å²) in [4.78, 5) is 2.40. The van der Waals surface area contributed by atoms with E-state index in [-0.39, 0.29) is 0 Å². The Balaban J connectivity index is 1.91. The van der Waals surface area contributed by atoms with E-state index in [0.717, 1.165) is 32.1 Å². The van der Waals surface area contributed by atoms with Crippen molar-refractivity contribution >= 4 is 0 Å². The summed E-state index contributed by atoms with van der Waals surface area (Å²) in [5, 5.41) is 3.49. The highest BCUT2D eigenvalue weighted by molar-refractivity contribution is 4.76. The molecule has 0 atom stereocenters. The van der Waals surface area contributed by atoms with Crippen molar-refractivity contribution in [2.75, 3.05) is 32.7 Å². The second-order valence-electron chi connectivity index (χ2n) is 3.83. The molecule has 76 valence electrons. The van der Waals surface area contributed by atoms with E-state index in [2.05, 4.69) is 23.7 Å². The molecule has 0 aromatic carbocycles. The van der Waals surface area contributed by atoms with Gasteiger partial charge in [-0.1, -0.05) is 13.0 Å². The number of hydrogen-bond acceptors (Lipinski definition) is 2. The largest absolute Gasteiger partial charge is 0.315 e. The highest BCUT2D eigenvalue weighted by Crippen LogP contribution is 2.27. The molecular weight excluding hydrogens is 160 g/mol. The maximum absolute atomic E-state index is 3.75. The smallest absolute Gasteiger partial charge is 0.0161 e. The van der Waals surface area contributed by atoms with Gasteiger partial charge in [-0.3, -0.25) is 4.90 Å². The Morgan fingerprint density at radius 3 is 2.85 bits per heavy atom. The Bertz CT molecular complexity index is 141. The molecule has 1 saturated carbocycles. The molecule has 0 aromatic rings. The highest BCUT2D eigenvalue weighted by Gasteiger charge is 2.19. The predicted molar refractivity (Wildman–Crippen MR) is 57.9 cm³/mol. The molecular formula is C11H22N2. The van der Waals surface area contributed by atoms with Crippen LogP contribution in [0.1, 0.15) is 19.8 Å². The van der Waals surface area contributed by atoms with Crippen LogP contribution in [0.25, 0.3) is 0 Å². The summed E-state index contributed by atoms with van der Waals surface area (Å²) in [6.07, 6.45) is 4.86. The minimum absolute atomic E-state index is 0.995. The summed E-state index contributed by atoms with van der Waals surface area (Å²) in [6, 6.07) is 0. The zero-order valence-electron chi connectivity index (χ0n) is 8.76. The van der Waals surface area contributed by atoms with Crippen molar-refractivity contribution in [3.63, 3.8) is 0 Å². The minimum Gasteiger partial charge on any atom is -0.315 e. The first kappa shape index (κ1) is 10.7. The zero-order chi connectivity index (χ0) is 9.52. The van der Waals surface area contributed by atoms with Crippen LogP contribution in [0.4, 0.5) is 0 Å². The Morgan fingerprint density at radius 1 is 1.54 bits per heavy atom. The molecule has 0 amide bonds. The third kappa shape index (κ3) is 5.06. The van der Waals surface area contributed by atoms with E-state index in [1.54, 1.807) is 0 Å². The molecule has 0 heterocycles. The van der Waals surface area contributed by atoms with Crippen molar-refractivity contribution in [2.24, 2.45) is 5.92 Å². The van der Waals surface area contributed by atoms with Gasteiger partial charge in [0.05, 0.1) is 0 Å². The molecule has 2 nitrogen and oxygen atoms in total. The average Bonchev–Trinajstić information content (AvgIpc) is 2.94. The Morgan fingerprint density at radius 2 is 2.31 bits per heavy atom. The molecule has 2 heteroatoms. The fourth-order valence-corrected chi connectivity index (χ4v) is 1.43. The van der Waals surface area contributed by atoms with Crippen LogP contribution >= 0.6 is 0 Å². The average molecular weight is 182 g/mol. The van der Waals surface area contributed by atoms with Gasteiger partial charge in [0.15, 0.2) is 0 Å². The molecule has 0 saturated heterocycles. The quantitative estimate of drug-likeness (QED) is 0.452. The van der Waals surface area contributed by atoms with Gasteiger partial charge in [-0.15, -0.1) is 6.58 Å². The van der Waals surface area contributed by atoms with E-state index < -0.39 is 0 Å². The summed E-state index contributed by atoms with van der Waals surface area (Å²) in [7, 11) is 0. The van der Waals surface area contributed by atoms with Crippen molar-refractivity contribution < 1.29 is 0 Å². The van der Waals surface area contributed by atoms with Crippen molar-refractivity contribution in [1.82, 2.24) is 10.2 Å².